The van der Waals surface area contributed by atoms with Crippen molar-refractivity contribution in [1.29, 1.82) is 0 Å². The first-order valence-corrected chi connectivity index (χ1v) is 9.25. The van der Waals surface area contributed by atoms with E-state index >= 15 is 0 Å². The number of rotatable bonds is 8. The maximum Gasteiger partial charge on any atom is 0.331 e. The summed E-state index contributed by atoms with van der Waals surface area (Å²) < 4.78 is 20.6. The Morgan fingerprint density at radius 2 is 1.55 bits per heavy atom. The molecule has 2 aromatic rings. The Labute approximate surface area is 183 Å². The van der Waals surface area contributed by atoms with E-state index in [9.17, 15) is 14.4 Å². The second kappa shape index (κ2) is 11.5. The van der Waals surface area contributed by atoms with Gasteiger partial charge < -0.3 is 18.9 Å². The molecule has 0 aliphatic heterocycles. The number of amides is 2. The topological polar surface area (TPSA) is 112 Å². The summed E-state index contributed by atoms with van der Waals surface area (Å²) in [4.78, 5) is 35.5. The molecule has 0 aromatic heterocycles. The molecule has 2 aromatic carbocycles. The van der Waals surface area contributed by atoms with Crippen LogP contribution in [0.1, 0.15) is 15.9 Å². The fourth-order valence-electron chi connectivity index (χ4n) is 2.38. The maximum absolute atomic E-state index is 11.9. The summed E-state index contributed by atoms with van der Waals surface area (Å²) in [7, 11) is 4.43. The summed E-state index contributed by atoms with van der Waals surface area (Å²) in [6.45, 7) is -0.584. The highest BCUT2D eigenvalue weighted by molar-refractivity contribution is 6.30. The minimum absolute atomic E-state index is 0.301. The van der Waals surface area contributed by atoms with Gasteiger partial charge in [-0.15, -0.1) is 0 Å². The lowest BCUT2D eigenvalue weighted by atomic mass is 10.1. The highest BCUT2D eigenvalue weighted by Crippen LogP contribution is 2.38. The maximum atomic E-state index is 11.9. The summed E-state index contributed by atoms with van der Waals surface area (Å²) in [5, 5.41) is 0.479. The summed E-state index contributed by atoms with van der Waals surface area (Å²) in [5.74, 6) is -0.748. The van der Waals surface area contributed by atoms with Crippen molar-refractivity contribution in [1.82, 2.24) is 10.9 Å². The molecular weight excluding hydrogens is 428 g/mol. The van der Waals surface area contributed by atoms with E-state index in [4.69, 9.17) is 30.5 Å². The predicted molar refractivity (Wildman–Crippen MR) is 113 cm³/mol. The molecule has 0 fully saturated rings. The first-order chi connectivity index (χ1) is 14.9. The van der Waals surface area contributed by atoms with E-state index in [1.165, 1.54) is 39.5 Å². The molecule has 0 aliphatic rings. The zero-order valence-corrected chi connectivity index (χ0v) is 17.8. The molecule has 2 amide bonds. The van der Waals surface area contributed by atoms with Gasteiger partial charge in [0.1, 0.15) is 0 Å². The molecule has 0 aliphatic carbocycles. The van der Waals surface area contributed by atoms with Gasteiger partial charge in [0, 0.05) is 16.7 Å². The number of carbonyl (C=O) groups is 3. The smallest absolute Gasteiger partial charge is 0.331 e. The number of benzene rings is 2. The van der Waals surface area contributed by atoms with Gasteiger partial charge in [-0.25, -0.2) is 4.79 Å². The van der Waals surface area contributed by atoms with Crippen molar-refractivity contribution in [2.45, 2.75) is 0 Å². The van der Waals surface area contributed by atoms with Gasteiger partial charge >= 0.3 is 5.97 Å². The van der Waals surface area contributed by atoms with Gasteiger partial charge in [0.15, 0.2) is 18.1 Å². The lowest BCUT2D eigenvalue weighted by molar-refractivity contribution is -0.144. The highest BCUT2D eigenvalue weighted by atomic mass is 35.5. The van der Waals surface area contributed by atoms with E-state index in [0.29, 0.717) is 33.4 Å². The molecule has 2 N–H and O–H groups in total. The van der Waals surface area contributed by atoms with Gasteiger partial charge in [-0.3, -0.25) is 20.4 Å². The number of carbonyl (C=O) groups excluding carboxylic acids is 3. The number of halogens is 1. The summed E-state index contributed by atoms with van der Waals surface area (Å²) >= 11 is 5.75. The third kappa shape index (κ3) is 6.93. The molecule has 0 unspecified atom stereocenters. The lowest BCUT2D eigenvalue weighted by Crippen LogP contribution is -2.43. The van der Waals surface area contributed by atoms with Crippen LogP contribution in [0, 0.1) is 0 Å². The molecule has 2 rings (SSSR count). The Balaban J connectivity index is 1.85. The van der Waals surface area contributed by atoms with Gasteiger partial charge in [0.05, 0.1) is 21.3 Å². The molecule has 0 heterocycles. The van der Waals surface area contributed by atoms with Crippen molar-refractivity contribution in [3.8, 4) is 17.2 Å². The number of hydrazine groups is 1. The van der Waals surface area contributed by atoms with Crippen LogP contribution in [-0.4, -0.2) is 45.7 Å². The Kier molecular flexibility index (Phi) is 8.71. The minimum atomic E-state index is -0.757. The highest BCUT2D eigenvalue weighted by Gasteiger charge is 2.13. The van der Waals surface area contributed by atoms with Crippen LogP contribution in [0.25, 0.3) is 6.08 Å². The fourth-order valence-corrected chi connectivity index (χ4v) is 2.51. The van der Waals surface area contributed by atoms with Crippen LogP contribution in [0.5, 0.6) is 17.2 Å². The Bertz CT molecular complexity index is 949. The normalized spacial score (nSPS) is 10.3. The number of nitrogens with one attached hydrogen (secondary N) is 2. The van der Waals surface area contributed by atoms with Crippen molar-refractivity contribution in [3.63, 3.8) is 0 Å². The first-order valence-electron chi connectivity index (χ1n) is 8.87. The van der Waals surface area contributed by atoms with E-state index in [0.717, 1.165) is 6.08 Å². The van der Waals surface area contributed by atoms with Crippen LogP contribution in [0.4, 0.5) is 0 Å². The van der Waals surface area contributed by atoms with Gasteiger partial charge in [-0.05, 0) is 48.0 Å². The quantitative estimate of drug-likeness (QED) is 0.362. The molecule has 0 saturated carbocycles. The Morgan fingerprint density at radius 1 is 0.935 bits per heavy atom. The van der Waals surface area contributed by atoms with Gasteiger partial charge in [-0.1, -0.05) is 11.6 Å². The average Bonchev–Trinajstić information content (AvgIpc) is 2.79. The second-order valence-corrected chi connectivity index (χ2v) is 6.35. The molecule has 164 valence electrons. The number of ether oxygens (including phenoxy) is 4. The minimum Gasteiger partial charge on any atom is -0.493 e. The van der Waals surface area contributed by atoms with Crippen LogP contribution in [0.3, 0.4) is 0 Å². The molecule has 10 heteroatoms. The van der Waals surface area contributed by atoms with Crippen LogP contribution < -0.4 is 25.1 Å². The van der Waals surface area contributed by atoms with Crippen LogP contribution in [-0.2, 0) is 14.3 Å². The number of hydrogen-bond acceptors (Lipinski definition) is 7. The van der Waals surface area contributed by atoms with E-state index in [1.54, 1.807) is 24.3 Å². The molecular formula is C21H21ClN2O7. The molecule has 0 atom stereocenters. The summed E-state index contributed by atoms with van der Waals surface area (Å²) in [5.41, 5.74) is 5.24. The van der Waals surface area contributed by atoms with Gasteiger partial charge in [-0.2, -0.15) is 0 Å². The third-order valence-electron chi connectivity index (χ3n) is 3.87. The second-order valence-electron chi connectivity index (χ2n) is 5.91. The Morgan fingerprint density at radius 3 is 2.10 bits per heavy atom. The number of hydrogen-bond donors (Lipinski definition) is 2. The molecule has 0 saturated heterocycles. The third-order valence-corrected chi connectivity index (χ3v) is 4.12. The van der Waals surface area contributed by atoms with E-state index in [2.05, 4.69) is 10.9 Å². The molecule has 0 radical (unpaired) electrons. The zero-order valence-electron chi connectivity index (χ0n) is 17.1. The standard InChI is InChI=1S/C21H21ClN2O7/c1-28-16-10-13(11-17(29-2)20(16)30-3)4-9-19(26)31-12-18(25)23-24-21(27)14-5-7-15(22)8-6-14/h4-11H,12H2,1-3H3,(H,23,25)(H,24,27). The van der Waals surface area contributed by atoms with Crippen molar-refractivity contribution >= 4 is 35.5 Å². The summed E-state index contributed by atoms with van der Waals surface area (Å²) in [6, 6.07) is 9.37. The van der Waals surface area contributed by atoms with Gasteiger partial charge in [0.25, 0.3) is 11.8 Å². The fraction of sp³-hybridized carbons (Fsp3) is 0.190. The predicted octanol–water partition coefficient (Wildman–Crippen LogP) is 2.38. The number of methoxy groups -OCH3 is 3. The Hall–Kier alpha value is -3.72. The van der Waals surface area contributed by atoms with Crippen molar-refractivity contribution < 1.29 is 33.3 Å². The lowest BCUT2D eigenvalue weighted by Gasteiger charge is -2.12. The SMILES string of the molecule is COc1cc(C=CC(=O)OCC(=O)NNC(=O)c2ccc(Cl)cc2)cc(OC)c1OC. The van der Waals surface area contributed by atoms with E-state index in [-0.39, 0.29) is 0 Å². The summed E-state index contributed by atoms with van der Waals surface area (Å²) in [6.07, 6.45) is 2.60. The molecule has 31 heavy (non-hydrogen) atoms. The molecule has 0 bridgehead atoms. The van der Waals surface area contributed by atoms with Crippen molar-refractivity contribution in [3.05, 3.63) is 58.6 Å². The van der Waals surface area contributed by atoms with E-state index < -0.39 is 24.4 Å². The number of esters is 1. The molecule has 0 spiro atoms. The van der Waals surface area contributed by atoms with Gasteiger partial charge in [0.2, 0.25) is 5.75 Å². The zero-order chi connectivity index (χ0) is 22.8. The van der Waals surface area contributed by atoms with Crippen molar-refractivity contribution in [2.24, 2.45) is 0 Å². The average molecular weight is 449 g/mol. The largest absolute Gasteiger partial charge is 0.493 e. The van der Waals surface area contributed by atoms with E-state index in [1.807, 2.05) is 0 Å². The first kappa shape index (κ1) is 23.6. The van der Waals surface area contributed by atoms with Crippen molar-refractivity contribution in [2.75, 3.05) is 27.9 Å². The van der Waals surface area contributed by atoms with Crippen LogP contribution in [0.2, 0.25) is 5.02 Å². The van der Waals surface area contributed by atoms with Crippen LogP contribution in [0.15, 0.2) is 42.5 Å². The monoisotopic (exact) mass is 448 g/mol. The van der Waals surface area contributed by atoms with Crippen LogP contribution >= 0.6 is 11.6 Å². The molecule has 9 nitrogen and oxygen atoms in total.